The number of amides is 1. The normalized spacial score (nSPS) is 16.5. The number of likely N-dealkylation sites (tertiary alicyclic amines) is 1. The molecule has 1 aromatic heterocycles. The van der Waals surface area contributed by atoms with Gasteiger partial charge in [-0.2, -0.15) is 0 Å². The molecule has 1 aromatic carbocycles. The summed E-state index contributed by atoms with van der Waals surface area (Å²) in [5.74, 6) is 0.306. The third kappa shape index (κ3) is 6.01. The first-order valence-corrected chi connectivity index (χ1v) is 13.5. The van der Waals surface area contributed by atoms with Crippen LogP contribution in [0.5, 0.6) is 5.88 Å². The van der Waals surface area contributed by atoms with Gasteiger partial charge in [0.05, 0.1) is 23.2 Å². The Labute approximate surface area is 209 Å². The van der Waals surface area contributed by atoms with Crippen LogP contribution in [-0.4, -0.2) is 79.9 Å². The first-order valence-electron chi connectivity index (χ1n) is 11.6. The number of anilines is 2. The fourth-order valence-corrected chi connectivity index (χ4v) is 4.51. The van der Waals surface area contributed by atoms with Crippen LogP contribution in [0.25, 0.3) is 0 Å². The largest absolute Gasteiger partial charge is 0.474 e. The Morgan fingerprint density at radius 1 is 1.25 bits per heavy atom. The summed E-state index contributed by atoms with van der Waals surface area (Å²) < 4.78 is 49.7. The van der Waals surface area contributed by atoms with E-state index in [1.807, 2.05) is 13.8 Å². The van der Waals surface area contributed by atoms with Crippen molar-refractivity contribution in [2.24, 2.45) is 4.99 Å². The minimum atomic E-state index is -3.55. The maximum Gasteiger partial charge on any atom is 0.410 e. The molecule has 0 spiro atoms. The van der Waals surface area contributed by atoms with Crippen molar-refractivity contribution in [3.8, 4) is 5.88 Å². The first-order chi connectivity index (χ1) is 17.1. The molecule has 36 heavy (non-hydrogen) atoms. The third-order valence-electron chi connectivity index (χ3n) is 5.66. The van der Waals surface area contributed by atoms with E-state index < -0.39 is 15.7 Å². The van der Waals surface area contributed by atoms with Gasteiger partial charge < -0.3 is 25.0 Å². The maximum atomic E-state index is 14.7. The standard InChI is InChI=1S/C23H29FN6O5S/c1-14(2)34-23(31)30-10-6-15(7-11-30)35-22-19(20-25-8-9-26-20)21(27-13-28-22)29-18-5-4-16(12-17(18)24)36(3,32)33/h4-5,12-15H,6-11H2,1-3H3,(H,25,26)(H,27,28,29). The summed E-state index contributed by atoms with van der Waals surface area (Å²) in [4.78, 5) is 26.7. The van der Waals surface area contributed by atoms with E-state index in [1.165, 1.54) is 18.5 Å². The van der Waals surface area contributed by atoms with Gasteiger partial charge in [-0.05, 0) is 32.0 Å². The molecule has 3 heterocycles. The third-order valence-corrected chi connectivity index (χ3v) is 6.77. The van der Waals surface area contributed by atoms with Gasteiger partial charge in [0, 0.05) is 38.7 Å². The summed E-state index contributed by atoms with van der Waals surface area (Å²) in [5.41, 5.74) is 0.493. The molecule has 2 N–H and O–H groups in total. The van der Waals surface area contributed by atoms with Crippen LogP contribution in [0.4, 0.5) is 20.7 Å². The number of sulfone groups is 1. The number of aliphatic imine (C=N–C) groups is 1. The predicted molar refractivity (Wildman–Crippen MR) is 131 cm³/mol. The summed E-state index contributed by atoms with van der Waals surface area (Å²) in [6.45, 7) is 5.76. The SMILES string of the molecule is CC(C)OC(=O)N1CCC(Oc2ncnc(Nc3ccc(S(C)(=O)=O)cc3F)c2C2=NCCN2)CC1. The Bertz CT molecular complexity index is 1260. The highest BCUT2D eigenvalue weighted by Crippen LogP contribution is 2.30. The van der Waals surface area contributed by atoms with Crippen LogP contribution >= 0.6 is 0 Å². The van der Waals surface area contributed by atoms with Crippen LogP contribution < -0.4 is 15.4 Å². The molecule has 2 aliphatic heterocycles. The van der Waals surface area contributed by atoms with Crippen molar-refractivity contribution in [1.29, 1.82) is 0 Å². The summed E-state index contributed by atoms with van der Waals surface area (Å²) >= 11 is 0. The van der Waals surface area contributed by atoms with Gasteiger partial charge in [0.25, 0.3) is 0 Å². The average molecular weight is 521 g/mol. The zero-order valence-electron chi connectivity index (χ0n) is 20.3. The van der Waals surface area contributed by atoms with E-state index >= 15 is 0 Å². The van der Waals surface area contributed by atoms with Gasteiger partial charge in [-0.25, -0.2) is 27.6 Å². The van der Waals surface area contributed by atoms with Crippen molar-refractivity contribution < 1.29 is 27.1 Å². The summed E-state index contributed by atoms with van der Waals surface area (Å²) in [7, 11) is -3.55. The topological polar surface area (TPSA) is 135 Å². The van der Waals surface area contributed by atoms with E-state index in [-0.39, 0.29) is 40.6 Å². The molecular formula is C23H29FN6O5S. The Hall–Kier alpha value is -3.48. The second-order valence-corrected chi connectivity index (χ2v) is 10.9. The predicted octanol–water partition coefficient (Wildman–Crippen LogP) is 2.50. The van der Waals surface area contributed by atoms with Gasteiger partial charge in [-0.15, -0.1) is 0 Å². The summed E-state index contributed by atoms with van der Waals surface area (Å²) in [6, 6.07) is 3.62. The monoisotopic (exact) mass is 520 g/mol. The second kappa shape index (κ2) is 10.6. The van der Waals surface area contributed by atoms with E-state index in [0.717, 1.165) is 12.3 Å². The quantitative estimate of drug-likeness (QED) is 0.564. The highest BCUT2D eigenvalue weighted by molar-refractivity contribution is 7.90. The lowest BCUT2D eigenvalue weighted by atomic mass is 10.1. The molecule has 1 amide bonds. The molecule has 0 aliphatic carbocycles. The molecule has 0 unspecified atom stereocenters. The van der Waals surface area contributed by atoms with Gasteiger partial charge in [0.2, 0.25) is 5.88 Å². The Morgan fingerprint density at radius 3 is 2.61 bits per heavy atom. The fourth-order valence-electron chi connectivity index (χ4n) is 3.88. The number of nitrogens with one attached hydrogen (secondary N) is 2. The molecule has 11 nitrogen and oxygen atoms in total. The molecule has 13 heteroatoms. The van der Waals surface area contributed by atoms with Crippen LogP contribution in [0.2, 0.25) is 0 Å². The van der Waals surface area contributed by atoms with Crippen molar-refractivity contribution in [2.75, 3.05) is 37.8 Å². The van der Waals surface area contributed by atoms with E-state index in [2.05, 4.69) is 25.6 Å². The molecule has 0 radical (unpaired) electrons. The summed E-state index contributed by atoms with van der Waals surface area (Å²) in [6.07, 6.45) is 2.75. The van der Waals surface area contributed by atoms with Crippen molar-refractivity contribution in [2.45, 2.75) is 43.8 Å². The molecule has 0 bridgehead atoms. The molecule has 194 valence electrons. The number of aromatic nitrogens is 2. The molecule has 0 saturated carbocycles. The fraction of sp³-hybridized carbons (Fsp3) is 0.478. The number of halogens is 1. The van der Waals surface area contributed by atoms with E-state index in [9.17, 15) is 17.6 Å². The van der Waals surface area contributed by atoms with Gasteiger partial charge in [-0.3, -0.25) is 4.99 Å². The molecule has 4 rings (SSSR count). The number of nitrogens with zero attached hydrogens (tertiary/aromatic N) is 4. The lowest BCUT2D eigenvalue weighted by molar-refractivity contribution is 0.0507. The Kier molecular flexibility index (Phi) is 7.57. The second-order valence-electron chi connectivity index (χ2n) is 8.84. The number of carbonyl (C=O) groups excluding carboxylic acids is 1. The zero-order chi connectivity index (χ0) is 25.9. The van der Waals surface area contributed by atoms with Crippen molar-refractivity contribution in [1.82, 2.24) is 20.2 Å². The Morgan fingerprint density at radius 2 is 2.00 bits per heavy atom. The maximum absolute atomic E-state index is 14.7. The molecular weight excluding hydrogens is 491 g/mol. The smallest absolute Gasteiger partial charge is 0.410 e. The number of hydrogen-bond acceptors (Lipinski definition) is 10. The lowest BCUT2D eigenvalue weighted by Crippen LogP contribution is -2.42. The average Bonchev–Trinajstić information content (AvgIpc) is 3.34. The number of rotatable bonds is 7. The van der Waals surface area contributed by atoms with E-state index in [0.29, 0.717) is 50.4 Å². The summed E-state index contributed by atoms with van der Waals surface area (Å²) in [5, 5.41) is 6.09. The van der Waals surface area contributed by atoms with Gasteiger partial charge in [-0.1, -0.05) is 0 Å². The van der Waals surface area contributed by atoms with Crippen LogP contribution in [0.1, 0.15) is 32.3 Å². The molecule has 1 fully saturated rings. The van der Waals surface area contributed by atoms with Crippen LogP contribution in [0.15, 0.2) is 34.4 Å². The molecule has 2 aliphatic rings. The van der Waals surface area contributed by atoms with Gasteiger partial charge in [0.15, 0.2) is 9.84 Å². The van der Waals surface area contributed by atoms with Crippen LogP contribution in [0.3, 0.4) is 0 Å². The van der Waals surface area contributed by atoms with E-state index in [4.69, 9.17) is 9.47 Å². The van der Waals surface area contributed by atoms with Gasteiger partial charge >= 0.3 is 6.09 Å². The Balaban J connectivity index is 1.55. The lowest BCUT2D eigenvalue weighted by Gasteiger charge is -2.32. The van der Waals surface area contributed by atoms with Crippen LogP contribution in [0, 0.1) is 5.82 Å². The number of piperidine rings is 1. The van der Waals surface area contributed by atoms with Crippen molar-refractivity contribution in [3.63, 3.8) is 0 Å². The van der Waals surface area contributed by atoms with Crippen molar-refractivity contribution >= 4 is 33.3 Å². The van der Waals surface area contributed by atoms with Crippen LogP contribution in [-0.2, 0) is 14.6 Å². The van der Waals surface area contributed by atoms with Crippen molar-refractivity contribution in [3.05, 3.63) is 35.9 Å². The highest BCUT2D eigenvalue weighted by atomic mass is 32.2. The van der Waals surface area contributed by atoms with Gasteiger partial charge in [0.1, 0.15) is 35.5 Å². The number of ether oxygens (including phenoxy) is 2. The number of benzene rings is 1. The number of hydrogen-bond donors (Lipinski definition) is 2. The highest BCUT2D eigenvalue weighted by Gasteiger charge is 2.28. The number of carbonyl (C=O) groups is 1. The molecule has 2 aromatic rings. The number of amidine groups is 1. The van der Waals surface area contributed by atoms with E-state index in [1.54, 1.807) is 4.90 Å². The minimum absolute atomic E-state index is 0.0453. The zero-order valence-corrected chi connectivity index (χ0v) is 21.1. The minimum Gasteiger partial charge on any atom is -0.474 e. The first kappa shape index (κ1) is 25.6. The molecule has 1 saturated heterocycles. The molecule has 0 atom stereocenters.